The summed E-state index contributed by atoms with van der Waals surface area (Å²) in [6.07, 6.45) is 0.591. The lowest BCUT2D eigenvalue weighted by atomic mass is 10.1. The van der Waals surface area contributed by atoms with Crippen molar-refractivity contribution < 1.29 is 10.2 Å². The van der Waals surface area contributed by atoms with Gasteiger partial charge in [0.25, 0.3) is 0 Å². The predicted molar refractivity (Wildman–Crippen MR) is 46.8 cm³/mol. The van der Waals surface area contributed by atoms with Gasteiger partial charge in [0, 0.05) is 0 Å². The van der Waals surface area contributed by atoms with E-state index in [9.17, 15) is 0 Å². The normalized spacial score (nSPS) is 12.8. The Hall–Kier alpha value is -1.22. The van der Waals surface area contributed by atoms with Crippen molar-refractivity contribution in [2.24, 2.45) is 5.73 Å². The summed E-state index contributed by atoms with van der Waals surface area (Å²) >= 11 is 0. The summed E-state index contributed by atoms with van der Waals surface area (Å²) < 4.78 is 0. The van der Waals surface area contributed by atoms with Crippen molar-refractivity contribution in [3.63, 3.8) is 0 Å². The van der Waals surface area contributed by atoms with Gasteiger partial charge in [-0.05, 0) is 24.1 Å². The molecule has 66 valence electrons. The van der Waals surface area contributed by atoms with Crippen molar-refractivity contribution in [1.29, 1.82) is 0 Å². The van der Waals surface area contributed by atoms with E-state index in [1.54, 1.807) is 6.07 Å². The first-order valence-corrected chi connectivity index (χ1v) is 3.69. The average molecular weight is 166 g/mol. The molecule has 0 bridgehead atoms. The Labute approximate surface area is 71.5 Å². The molecule has 3 heteroatoms. The summed E-state index contributed by atoms with van der Waals surface area (Å²) in [6.45, 7) is 3.62. The monoisotopic (exact) mass is 166 g/mol. The highest BCUT2D eigenvalue weighted by atomic mass is 16.3. The molecule has 0 aromatic heterocycles. The molecule has 0 aliphatic carbocycles. The first kappa shape index (κ1) is 8.87. The Bertz CT molecular complexity index is 271. The number of hydrogen-bond donors (Lipinski definition) is 3. The van der Waals surface area contributed by atoms with Crippen LogP contribution in [0.3, 0.4) is 0 Å². The number of hydrogen-bond acceptors (Lipinski definition) is 3. The summed E-state index contributed by atoms with van der Waals surface area (Å²) in [5.74, 6) is -0.232. The maximum Gasteiger partial charge on any atom is 0.157 e. The predicted octanol–water partition coefficient (Wildman–Crippen LogP) is 0.802. The fourth-order valence-electron chi connectivity index (χ4n) is 0.999. The highest BCUT2D eigenvalue weighted by Gasteiger charge is 1.99. The topological polar surface area (TPSA) is 66.5 Å². The van der Waals surface area contributed by atoms with Gasteiger partial charge in [-0.1, -0.05) is 6.07 Å². The van der Waals surface area contributed by atoms with Crippen LogP contribution in [0.2, 0.25) is 0 Å². The van der Waals surface area contributed by atoms with Crippen molar-refractivity contribution in [2.45, 2.75) is 12.5 Å². The number of phenols is 2. The van der Waals surface area contributed by atoms with Gasteiger partial charge in [0.2, 0.25) is 0 Å². The van der Waals surface area contributed by atoms with E-state index in [2.05, 4.69) is 6.92 Å². The Balaban J connectivity index is 2.82. The molecule has 0 fully saturated rings. The molecule has 12 heavy (non-hydrogen) atoms. The van der Waals surface area contributed by atoms with Crippen LogP contribution in [0.25, 0.3) is 0 Å². The molecule has 0 saturated carbocycles. The molecule has 1 aromatic carbocycles. The van der Waals surface area contributed by atoms with E-state index in [4.69, 9.17) is 15.9 Å². The molecule has 1 aromatic rings. The lowest BCUT2D eigenvalue weighted by molar-refractivity contribution is 0.403. The van der Waals surface area contributed by atoms with Crippen LogP contribution in [0.1, 0.15) is 5.56 Å². The molecular formula is C9H12NO2-. The molecule has 3 nitrogen and oxygen atoms in total. The molecule has 1 atom stereocenters. The fraction of sp³-hybridized carbons (Fsp3) is 0.222. The Morgan fingerprint density at radius 1 is 1.33 bits per heavy atom. The molecule has 0 heterocycles. The summed E-state index contributed by atoms with van der Waals surface area (Å²) in [5, 5.41) is 18.1. The number of phenolic OH excluding ortho intramolecular Hbond substituents is 2. The highest BCUT2D eigenvalue weighted by Crippen LogP contribution is 2.25. The average Bonchev–Trinajstić information content (AvgIpc) is 1.96. The quantitative estimate of drug-likeness (QED) is 0.449. The van der Waals surface area contributed by atoms with Crippen molar-refractivity contribution in [3.8, 4) is 11.5 Å². The first-order valence-electron chi connectivity index (χ1n) is 3.69. The lowest BCUT2D eigenvalue weighted by Gasteiger charge is -2.10. The lowest BCUT2D eigenvalue weighted by Crippen LogP contribution is -2.17. The summed E-state index contributed by atoms with van der Waals surface area (Å²) in [5.41, 5.74) is 6.33. The molecule has 1 unspecified atom stereocenters. The smallest absolute Gasteiger partial charge is 0.157 e. The standard InChI is InChI=1S/C9H12NO2/c1-6(10)4-7-2-3-8(11)9(12)5-7/h2-3,5-6,11-12H,1,4,10H2/q-1. The van der Waals surface area contributed by atoms with E-state index < -0.39 is 0 Å². The van der Waals surface area contributed by atoms with Crippen molar-refractivity contribution >= 4 is 0 Å². The van der Waals surface area contributed by atoms with Crippen LogP contribution in [0.5, 0.6) is 11.5 Å². The van der Waals surface area contributed by atoms with Crippen LogP contribution in [0.15, 0.2) is 18.2 Å². The van der Waals surface area contributed by atoms with E-state index >= 15 is 0 Å². The van der Waals surface area contributed by atoms with Gasteiger partial charge in [0.05, 0.1) is 0 Å². The van der Waals surface area contributed by atoms with Crippen molar-refractivity contribution in [2.75, 3.05) is 0 Å². The van der Waals surface area contributed by atoms with Crippen LogP contribution >= 0.6 is 0 Å². The SMILES string of the molecule is [CH2-]C(N)Cc1ccc(O)c(O)c1. The molecule has 0 aliphatic rings. The van der Waals surface area contributed by atoms with Crippen molar-refractivity contribution in [3.05, 3.63) is 30.7 Å². The zero-order chi connectivity index (χ0) is 9.14. The van der Waals surface area contributed by atoms with Gasteiger partial charge >= 0.3 is 0 Å². The van der Waals surface area contributed by atoms with Gasteiger partial charge in [-0.25, -0.2) is 0 Å². The van der Waals surface area contributed by atoms with E-state index in [1.807, 2.05) is 0 Å². The van der Waals surface area contributed by atoms with E-state index in [0.717, 1.165) is 5.56 Å². The van der Waals surface area contributed by atoms with Crippen LogP contribution in [0.4, 0.5) is 0 Å². The van der Waals surface area contributed by atoms with Gasteiger partial charge in [0.15, 0.2) is 11.5 Å². The van der Waals surface area contributed by atoms with Gasteiger partial charge in [0.1, 0.15) is 0 Å². The Morgan fingerprint density at radius 3 is 2.50 bits per heavy atom. The summed E-state index contributed by atoms with van der Waals surface area (Å²) in [7, 11) is 0. The molecule has 1 rings (SSSR count). The van der Waals surface area contributed by atoms with E-state index in [1.165, 1.54) is 12.1 Å². The molecule has 0 saturated heterocycles. The molecule has 0 radical (unpaired) electrons. The zero-order valence-electron chi connectivity index (χ0n) is 6.70. The number of aromatic hydroxyl groups is 2. The maximum absolute atomic E-state index is 9.10. The number of benzene rings is 1. The second-order valence-electron chi connectivity index (χ2n) is 2.79. The van der Waals surface area contributed by atoms with Gasteiger partial charge in [-0.3, -0.25) is 0 Å². The van der Waals surface area contributed by atoms with Crippen LogP contribution in [0, 0.1) is 6.92 Å². The fourth-order valence-corrected chi connectivity index (χ4v) is 0.999. The number of nitrogens with two attached hydrogens (primary N) is 1. The molecule has 0 aliphatic heterocycles. The van der Waals surface area contributed by atoms with Gasteiger partial charge in [-0.2, -0.15) is 0 Å². The van der Waals surface area contributed by atoms with E-state index in [-0.39, 0.29) is 17.5 Å². The summed E-state index contributed by atoms with van der Waals surface area (Å²) in [6, 6.07) is 4.45. The minimum Gasteiger partial charge on any atom is -0.504 e. The first-order chi connectivity index (χ1) is 5.59. The second-order valence-corrected chi connectivity index (χ2v) is 2.79. The van der Waals surface area contributed by atoms with Crippen molar-refractivity contribution in [1.82, 2.24) is 0 Å². The minimum atomic E-state index is -0.186. The second kappa shape index (κ2) is 3.45. The minimum absolute atomic E-state index is 0.114. The maximum atomic E-state index is 9.10. The van der Waals surface area contributed by atoms with E-state index in [0.29, 0.717) is 6.42 Å². The van der Waals surface area contributed by atoms with Crippen LogP contribution in [-0.4, -0.2) is 16.3 Å². The molecular weight excluding hydrogens is 154 g/mol. The zero-order valence-corrected chi connectivity index (χ0v) is 6.70. The van der Waals surface area contributed by atoms with Crippen LogP contribution in [-0.2, 0) is 6.42 Å². The van der Waals surface area contributed by atoms with Gasteiger partial charge in [-0.15, -0.1) is 6.04 Å². The molecule has 0 amide bonds. The van der Waals surface area contributed by atoms with Crippen LogP contribution < -0.4 is 5.73 Å². The third-order valence-electron chi connectivity index (χ3n) is 1.54. The highest BCUT2D eigenvalue weighted by molar-refractivity contribution is 5.40. The van der Waals surface area contributed by atoms with Gasteiger partial charge < -0.3 is 22.9 Å². The third-order valence-corrected chi connectivity index (χ3v) is 1.54. The Morgan fingerprint density at radius 2 is 2.00 bits per heavy atom. The summed E-state index contributed by atoms with van der Waals surface area (Å²) in [4.78, 5) is 0. The molecule has 4 N–H and O–H groups in total. The Kier molecular flexibility index (Phi) is 2.55. The largest absolute Gasteiger partial charge is 0.504 e. The third kappa shape index (κ3) is 2.13. The number of rotatable bonds is 2. The molecule has 0 spiro atoms.